The van der Waals surface area contributed by atoms with Crippen molar-refractivity contribution < 1.29 is 24.2 Å². The SMILES string of the molecule is CC(C)(C)c1[c-]c2c(cc1C(C)(C)C)-c1cc(C(C)(C)C)c(C(C)(C)C)cc1C2.Cl.Cl.Clc1c[c-]c2ccccc2c1.Clc1c[c-]c2ccccc2c1.[C-]1=CC=CC1.[CH2]=[Zr]. The van der Waals surface area contributed by atoms with Crippen LogP contribution in [0.15, 0.2) is 109 Å². The summed E-state index contributed by atoms with van der Waals surface area (Å²) in [5, 5.41) is 5.97. The molecule has 2 aliphatic rings. The number of fused-ring (bicyclic) bond motifs is 5. The Hall–Kier alpha value is -2.77. The Morgan fingerprint density at radius 2 is 1.02 bits per heavy atom. The third-order valence-corrected chi connectivity index (χ3v) is 10.5. The normalized spacial score (nSPS) is 12.4. The van der Waals surface area contributed by atoms with Gasteiger partial charge in [0.05, 0.1) is 0 Å². The first-order valence-electron chi connectivity index (χ1n) is 20.1. The zero-order chi connectivity index (χ0) is 43.1. The van der Waals surface area contributed by atoms with Crippen molar-refractivity contribution in [1.29, 1.82) is 0 Å². The summed E-state index contributed by atoms with van der Waals surface area (Å²) in [6.07, 6.45) is 11.0. The number of hydrogen-bond acceptors (Lipinski definition) is 0. The number of benzene rings is 6. The first-order chi connectivity index (χ1) is 27.1. The quantitative estimate of drug-likeness (QED) is 0.133. The molecule has 0 saturated carbocycles. The molecule has 0 heterocycles. The first-order valence-corrected chi connectivity index (χ1v) is 22.6. The van der Waals surface area contributed by atoms with Crippen molar-refractivity contribution >= 4 is 73.8 Å². The molecule has 5 heteroatoms. The molecule has 0 amide bonds. The Morgan fingerprint density at radius 3 is 1.42 bits per heavy atom. The van der Waals surface area contributed by atoms with Gasteiger partial charge in [-0.2, -0.15) is 23.8 Å². The van der Waals surface area contributed by atoms with Crippen molar-refractivity contribution in [1.82, 2.24) is 0 Å². The molecule has 0 saturated heterocycles. The summed E-state index contributed by atoms with van der Waals surface area (Å²) in [5.41, 5.74) is 11.9. The van der Waals surface area contributed by atoms with Gasteiger partial charge in [0.2, 0.25) is 0 Å². The van der Waals surface area contributed by atoms with Gasteiger partial charge in [-0.15, -0.1) is 153 Å². The van der Waals surface area contributed by atoms with Crippen molar-refractivity contribution in [3.05, 3.63) is 177 Å². The second-order valence-electron chi connectivity index (χ2n) is 19.0. The molecule has 0 atom stereocenters. The van der Waals surface area contributed by atoms with Gasteiger partial charge in [0.25, 0.3) is 0 Å². The molecule has 60 heavy (non-hydrogen) atoms. The molecular formula is C55H62Cl4Zr-4. The van der Waals surface area contributed by atoms with E-state index in [2.05, 4.69) is 136 Å². The second-order valence-corrected chi connectivity index (χ2v) is 19.9. The molecular weight excluding hydrogens is 894 g/mol. The summed E-state index contributed by atoms with van der Waals surface area (Å²) in [5.74, 6) is 0. The van der Waals surface area contributed by atoms with Gasteiger partial charge in [-0.1, -0.05) is 130 Å². The van der Waals surface area contributed by atoms with E-state index < -0.39 is 0 Å². The molecule has 0 unspecified atom stereocenters. The summed E-state index contributed by atoms with van der Waals surface area (Å²) in [6.45, 7) is 28.0. The Bertz CT molecular complexity index is 2230. The van der Waals surface area contributed by atoms with Crippen LogP contribution >= 0.6 is 48.0 Å². The molecule has 0 aliphatic heterocycles. The van der Waals surface area contributed by atoms with Gasteiger partial charge in [0.15, 0.2) is 0 Å². The molecule has 0 fully saturated rings. The molecule has 2 aliphatic carbocycles. The average molecular weight is 956 g/mol. The monoisotopic (exact) mass is 952 g/mol. The first kappa shape index (κ1) is 53.4. The van der Waals surface area contributed by atoms with Crippen LogP contribution in [0.2, 0.25) is 10.0 Å². The van der Waals surface area contributed by atoms with E-state index in [-0.39, 0.29) is 46.5 Å². The summed E-state index contributed by atoms with van der Waals surface area (Å²) in [4.78, 5) is 0. The van der Waals surface area contributed by atoms with E-state index >= 15 is 0 Å². The van der Waals surface area contributed by atoms with Crippen LogP contribution in [0, 0.1) is 24.3 Å². The molecule has 0 radical (unpaired) electrons. The van der Waals surface area contributed by atoms with Crippen LogP contribution in [0.4, 0.5) is 0 Å². The minimum atomic E-state index is 0. The standard InChI is InChI=1S/C29H41.2C10H6Cl.C5H5.CH2.2ClH.Zr/c1-26(2,3)22-14-18-13-19-15-23(27(4,5)6)25(29(10,11)12)17-21(19)20(18)16-24(22)28(7,8)9;2*11-10-6-5-8-3-1-2-4-9(8)7-10;1-2-4-5-3-1;;;;/h14,16-17H,13H2,1-12H3;2*1-4,6-7H;1-3H,4H2;1H2;2*1H;/q4*-1;;;;. The molecule has 0 aromatic heterocycles. The van der Waals surface area contributed by atoms with E-state index in [1.165, 1.54) is 68.7 Å². The van der Waals surface area contributed by atoms with Crippen LogP contribution in [0.5, 0.6) is 0 Å². The van der Waals surface area contributed by atoms with Gasteiger partial charge < -0.3 is 0 Å². The molecule has 6 aromatic carbocycles. The average Bonchev–Trinajstić information content (AvgIpc) is 3.86. The fraction of sp³-hybridized carbons (Fsp3) is 0.327. The molecule has 318 valence electrons. The van der Waals surface area contributed by atoms with E-state index in [0.29, 0.717) is 0 Å². The molecule has 0 N–H and O–H groups in total. The Balaban J connectivity index is 0.000000325. The number of hydrogen-bond donors (Lipinski definition) is 0. The molecule has 0 nitrogen and oxygen atoms in total. The maximum atomic E-state index is 5.79. The summed E-state index contributed by atoms with van der Waals surface area (Å²) in [6, 6.07) is 41.1. The van der Waals surface area contributed by atoms with Gasteiger partial charge in [-0.05, 0) is 49.4 Å². The van der Waals surface area contributed by atoms with Crippen LogP contribution in [0.25, 0.3) is 32.7 Å². The molecule has 6 aromatic rings. The summed E-state index contributed by atoms with van der Waals surface area (Å²) in [7, 11) is 0. The van der Waals surface area contributed by atoms with Crippen molar-refractivity contribution in [2.24, 2.45) is 0 Å². The van der Waals surface area contributed by atoms with E-state index in [1.54, 1.807) is 12.1 Å². The maximum absolute atomic E-state index is 5.79. The molecule has 0 bridgehead atoms. The minimum absolute atomic E-state index is 0. The van der Waals surface area contributed by atoms with Gasteiger partial charge in [-0.25, -0.2) is 12.2 Å². The predicted octanol–water partition coefficient (Wildman–Crippen LogP) is 16.9. The third-order valence-electron chi connectivity index (χ3n) is 10.1. The van der Waals surface area contributed by atoms with E-state index in [9.17, 15) is 0 Å². The molecule has 8 rings (SSSR count). The van der Waals surface area contributed by atoms with Crippen LogP contribution in [0.3, 0.4) is 0 Å². The van der Waals surface area contributed by atoms with Crippen molar-refractivity contribution in [3.63, 3.8) is 0 Å². The van der Waals surface area contributed by atoms with Crippen LogP contribution in [-0.4, -0.2) is 4.21 Å². The van der Waals surface area contributed by atoms with E-state index in [1.807, 2.05) is 72.8 Å². The number of rotatable bonds is 0. The van der Waals surface area contributed by atoms with Crippen molar-refractivity contribution in [2.45, 2.75) is 118 Å². The van der Waals surface area contributed by atoms with E-state index in [4.69, 9.17) is 23.2 Å². The van der Waals surface area contributed by atoms with Crippen LogP contribution in [0.1, 0.15) is 123 Å². The van der Waals surface area contributed by atoms with Gasteiger partial charge >= 0.3 is 28.4 Å². The third kappa shape index (κ3) is 14.4. The zero-order valence-electron chi connectivity index (χ0n) is 37.6. The van der Waals surface area contributed by atoms with Gasteiger partial charge in [-0.3, -0.25) is 6.08 Å². The fourth-order valence-corrected chi connectivity index (χ4v) is 7.49. The van der Waals surface area contributed by atoms with Crippen molar-refractivity contribution in [2.75, 3.05) is 0 Å². The van der Waals surface area contributed by atoms with Gasteiger partial charge in [0.1, 0.15) is 0 Å². The summed E-state index contributed by atoms with van der Waals surface area (Å²) < 4.78 is 3.34. The Morgan fingerprint density at radius 1 is 0.567 bits per heavy atom. The number of allylic oxidation sites excluding steroid dienone is 4. The van der Waals surface area contributed by atoms with Crippen LogP contribution in [-0.2, 0) is 52.3 Å². The Kier molecular flexibility index (Phi) is 20.1. The molecule has 0 spiro atoms. The number of halogens is 4. The fourth-order valence-electron chi connectivity index (χ4n) is 7.15. The topological polar surface area (TPSA) is 0 Å². The predicted molar refractivity (Wildman–Crippen MR) is 267 cm³/mol. The van der Waals surface area contributed by atoms with Crippen LogP contribution < -0.4 is 0 Å². The Labute approximate surface area is 400 Å². The summed E-state index contributed by atoms with van der Waals surface area (Å²) >= 11 is 12.9. The zero-order valence-corrected chi connectivity index (χ0v) is 43.2. The van der Waals surface area contributed by atoms with Gasteiger partial charge in [0, 0.05) is 0 Å². The second kappa shape index (κ2) is 22.5. The van der Waals surface area contributed by atoms with Crippen molar-refractivity contribution in [3.8, 4) is 11.1 Å². The van der Waals surface area contributed by atoms with E-state index in [0.717, 1.165) is 44.4 Å².